The van der Waals surface area contributed by atoms with Gasteiger partial charge < -0.3 is 9.73 Å². The minimum atomic E-state index is -0.461. The summed E-state index contributed by atoms with van der Waals surface area (Å²) in [5.74, 6) is 1.44. The van der Waals surface area contributed by atoms with Gasteiger partial charge in [-0.15, -0.1) is 0 Å². The highest BCUT2D eigenvalue weighted by molar-refractivity contribution is 5.93. The van der Waals surface area contributed by atoms with Crippen molar-refractivity contribution in [1.82, 2.24) is 4.90 Å². The molecule has 0 aliphatic heterocycles. The number of nitrogens with one attached hydrogen (secondary N) is 1. The third-order valence-electron chi connectivity index (χ3n) is 3.33. The van der Waals surface area contributed by atoms with Crippen molar-refractivity contribution < 1.29 is 14.1 Å². The monoisotopic (exact) mass is 317 g/mol. The molecular weight excluding hydrogens is 298 g/mol. The van der Waals surface area contributed by atoms with Crippen LogP contribution < -0.4 is 5.32 Å². The molecule has 1 aromatic heterocycles. The number of anilines is 1. The SMILES string of the molecule is Cc1ccc(CN(C)CC(=O)Nc2ccc([N+](=O)[O-])cc2C)o1. The van der Waals surface area contributed by atoms with Crippen molar-refractivity contribution in [2.45, 2.75) is 20.4 Å². The minimum Gasteiger partial charge on any atom is -0.465 e. The number of likely N-dealkylation sites (N-methyl/N-ethyl adjacent to an activating group) is 1. The van der Waals surface area contributed by atoms with Crippen molar-refractivity contribution in [3.8, 4) is 0 Å². The van der Waals surface area contributed by atoms with E-state index in [1.807, 2.05) is 31.0 Å². The van der Waals surface area contributed by atoms with Crippen molar-refractivity contribution in [1.29, 1.82) is 0 Å². The van der Waals surface area contributed by atoms with Crippen LogP contribution in [0.2, 0.25) is 0 Å². The van der Waals surface area contributed by atoms with Crippen molar-refractivity contribution >= 4 is 17.3 Å². The van der Waals surface area contributed by atoms with Crippen LogP contribution in [0.3, 0.4) is 0 Å². The Morgan fingerprint density at radius 1 is 1.30 bits per heavy atom. The number of hydrogen-bond acceptors (Lipinski definition) is 5. The van der Waals surface area contributed by atoms with E-state index in [1.54, 1.807) is 13.0 Å². The molecule has 23 heavy (non-hydrogen) atoms. The van der Waals surface area contributed by atoms with Gasteiger partial charge in [0.1, 0.15) is 11.5 Å². The second-order valence-electron chi connectivity index (χ2n) is 5.49. The van der Waals surface area contributed by atoms with E-state index in [1.165, 1.54) is 12.1 Å². The highest BCUT2D eigenvalue weighted by Gasteiger charge is 2.12. The van der Waals surface area contributed by atoms with E-state index >= 15 is 0 Å². The number of non-ortho nitro benzene ring substituents is 1. The Bertz CT molecular complexity index is 724. The lowest BCUT2D eigenvalue weighted by Crippen LogP contribution is -2.29. The second kappa shape index (κ2) is 7.06. The molecule has 7 nitrogen and oxygen atoms in total. The minimum absolute atomic E-state index is 0.00538. The summed E-state index contributed by atoms with van der Waals surface area (Å²) in [6.07, 6.45) is 0. The molecular formula is C16H19N3O4. The normalized spacial score (nSPS) is 10.8. The molecule has 2 rings (SSSR count). The van der Waals surface area contributed by atoms with E-state index < -0.39 is 4.92 Å². The summed E-state index contributed by atoms with van der Waals surface area (Å²) in [4.78, 5) is 24.1. The number of benzene rings is 1. The quantitative estimate of drug-likeness (QED) is 0.653. The van der Waals surface area contributed by atoms with E-state index in [-0.39, 0.29) is 18.1 Å². The Hall–Kier alpha value is -2.67. The van der Waals surface area contributed by atoms with Gasteiger partial charge in [0.25, 0.3) is 5.69 Å². The maximum Gasteiger partial charge on any atom is 0.269 e. The molecule has 0 atom stereocenters. The number of hydrogen-bond donors (Lipinski definition) is 1. The first-order valence-corrected chi connectivity index (χ1v) is 7.14. The molecule has 0 bridgehead atoms. The van der Waals surface area contributed by atoms with Gasteiger partial charge in [0, 0.05) is 17.8 Å². The molecule has 0 saturated carbocycles. The van der Waals surface area contributed by atoms with Crippen LogP contribution in [0.5, 0.6) is 0 Å². The second-order valence-corrected chi connectivity index (χ2v) is 5.49. The lowest BCUT2D eigenvalue weighted by atomic mass is 10.2. The molecule has 0 saturated heterocycles. The molecule has 0 aliphatic rings. The number of aryl methyl sites for hydroxylation is 2. The lowest BCUT2D eigenvalue weighted by molar-refractivity contribution is -0.384. The molecule has 0 fully saturated rings. The fraction of sp³-hybridized carbons (Fsp3) is 0.312. The number of nitro benzene ring substituents is 1. The van der Waals surface area contributed by atoms with E-state index in [4.69, 9.17) is 4.42 Å². The third kappa shape index (κ3) is 4.65. The molecule has 0 aliphatic carbocycles. The van der Waals surface area contributed by atoms with Gasteiger partial charge in [-0.2, -0.15) is 0 Å². The highest BCUT2D eigenvalue weighted by Crippen LogP contribution is 2.21. The summed E-state index contributed by atoms with van der Waals surface area (Å²) in [7, 11) is 1.82. The molecule has 1 amide bonds. The van der Waals surface area contributed by atoms with Crippen molar-refractivity contribution in [2.75, 3.05) is 18.9 Å². The van der Waals surface area contributed by atoms with E-state index in [0.717, 1.165) is 11.5 Å². The number of nitro groups is 1. The van der Waals surface area contributed by atoms with Crippen LogP contribution in [-0.2, 0) is 11.3 Å². The van der Waals surface area contributed by atoms with Gasteiger partial charge in [-0.3, -0.25) is 19.8 Å². The van der Waals surface area contributed by atoms with Gasteiger partial charge >= 0.3 is 0 Å². The number of nitrogens with zero attached hydrogens (tertiary/aromatic N) is 2. The summed E-state index contributed by atoms with van der Waals surface area (Å²) in [6, 6.07) is 8.11. The van der Waals surface area contributed by atoms with Gasteiger partial charge in [-0.05, 0) is 44.7 Å². The Labute approximate surface area is 134 Å². The van der Waals surface area contributed by atoms with Crippen molar-refractivity contribution in [3.05, 3.63) is 57.5 Å². The highest BCUT2D eigenvalue weighted by atomic mass is 16.6. The van der Waals surface area contributed by atoms with Crippen LogP contribution in [0.1, 0.15) is 17.1 Å². The molecule has 7 heteroatoms. The van der Waals surface area contributed by atoms with Gasteiger partial charge in [0.15, 0.2) is 0 Å². The summed E-state index contributed by atoms with van der Waals surface area (Å²) in [6.45, 7) is 4.31. The molecule has 0 spiro atoms. The Morgan fingerprint density at radius 3 is 2.61 bits per heavy atom. The molecule has 0 unspecified atom stereocenters. The maximum atomic E-state index is 12.1. The van der Waals surface area contributed by atoms with Gasteiger partial charge in [0.2, 0.25) is 5.91 Å². The first-order valence-electron chi connectivity index (χ1n) is 7.14. The van der Waals surface area contributed by atoms with E-state index in [0.29, 0.717) is 17.8 Å². The predicted molar refractivity (Wildman–Crippen MR) is 86.2 cm³/mol. The molecule has 1 aromatic carbocycles. The first-order chi connectivity index (χ1) is 10.8. The van der Waals surface area contributed by atoms with Crippen molar-refractivity contribution in [3.63, 3.8) is 0 Å². The van der Waals surface area contributed by atoms with Gasteiger partial charge in [0.05, 0.1) is 18.0 Å². The first kappa shape index (κ1) is 16.7. The van der Waals surface area contributed by atoms with Gasteiger partial charge in [-0.1, -0.05) is 0 Å². The molecule has 122 valence electrons. The summed E-state index contributed by atoms with van der Waals surface area (Å²) in [5.41, 5.74) is 1.23. The fourth-order valence-corrected chi connectivity index (χ4v) is 2.23. The van der Waals surface area contributed by atoms with Crippen LogP contribution in [0.25, 0.3) is 0 Å². The molecule has 1 heterocycles. The Balaban J connectivity index is 1.92. The van der Waals surface area contributed by atoms with E-state index in [9.17, 15) is 14.9 Å². The number of furan rings is 1. The van der Waals surface area contributed by atoms with Crippen molar-refractivity contribution in [2.24, 2.45) is 0 Å². The van der Waals surface area contributed by atoms with Crippen LogP contribution in [0, 0.1) is 24.0 Å². The van der Waals surface area contributed by atoms with Crippen LogP contribution in [0.4, 0.5) is 11.4 Å². The van der Waals surface area contributed by atoms with Crippen LogP contribution in [-0.4, -0.2) is 29.3 Å². The molecule has 0 radical (unpaired) electrons. The third-order valence-corrected chi connectivity index (χ3v) is 3.33. The number of rotatable bonds is 6. The average molecular weight is 317 g/mol. The number of carbonyl (C=O) groups excluding carboxylic acids is 1. The number of carbonyl (C=O) groups is 1. The summed E-state index contributed by atoms with van der Waals surface area (Å²) in [5, 5.41) is 13.5. The Kier molecular flexibility index (Phi) is 5.13. The smallest absolute Gasteiger partial charge is 0.269 e. The summed E-state index contributed by atoms with van der Waals surface area (Å²) >= 11 is 0. The Morgan fingerprint density at radius 2 is 2.04 bits per heavy atom. The standard InChI is InChI=1S/C16H19N3O4/c1-11-8-13(19(21)22)5-7-15(11)17-16(20)10-18(3)9-14-6-4-12(2)23-14/h4-8H,9-10H2,1-3H3,(H,17,20). The van der Waals surface area contributed by atoms with Crippen LogP contribution in [0.15, 0.2) is 34.7 Å². The van der Waals surface area contributed by atoms with Gasteiger partial charge in [-0.25, -0.2) is 0 Å². The maximum absolute atomic E-state index is 12.1. The zero-order chi connectivity index (χ0) is 17.0. The molecule has 2 aromatic rings. The molecule has 1 N–H and O–H groups in total. The fourth-order valence-electron chi connectivity index (χ4n) is 2.23. The number of amides is 1. The largest absolute Gasteiger partial charge is 0.465 e. The zero-order valence-electron chi connectivity index (χ0n) is 13.3. The predicted octanol–water partition coefficient (Wildman–Crippen LogP) is 2.88. The lowest BCUT2D eigenvalue weighted by Gasteiger charge is -2.15. The average Bonchev–Trinajstić information content (AvgIpc) is 2.85. The zero-order valence-corrected chi connectivity index (χ0v) is 13.3. The summed E-state index contributed by atoms with van der Waals surface area (Å²) < 4.78 is 5.47. The topological polar surface area (TPSA) is 88.6 Å². The van der Waals surface area contributed by atoms with E-state index in [2.05, 4.69) is 5.32 Å². The van der Waals surface area contributed by atoms with Crippen LogP contribution >= 0.6 is 0 Å².